The van der Waals surface area contributed by atoms with E-state index in [-0.39, 0.29) is 11.9 Å². The maximum atomic E-state index is 12.6. The van der Waals surface area contributed by atoms with Crippen molar-refractivity contribution in [2.75, 3.05) is 12.8 Å². The van der Waals surface area contributed by atoms with E-state index in [2.05, 4.69) is 18.2 Å². The number of hydrogen-bond donors (Lipinski definition) is 1. The lowest BCUT2D eigenvalue weighted by Gasteiger charge is -2.25. The molecule has 2 aromatic rings. The Morgan fingerprint density at radius 1 is 1.40 bits per heavy atom. The Kier molecular flexibility index (Phi) is 3.26. The quantitative estimate of drug-likeness (QED) is 0.919. The van der Waals surface area contributed by atoms with Crippen LogP contribution in [0.15, 0.2) is 30.3 Å². The maximum Gasteiger partial charge on any atom is 0.264 e. The van der Waals surface area contributed by atoms with Gasteiger partial charge in [-0.25, -0.2) is 0 Å². The highest BCUT2D eigenvalue weighted by Gasteiger charge is 2.29. The molecule has 0 aliphatic heterocycles. The Balaban J connectivity index is 1.87. The highest BCUT2D eigenvalue weighted by molar-refractivity contribution is 7.14. The van der Waals surface area contributed by atoms with Crippen LogP contribution in [-0.4, -0.2) is 17.9 Å². The summed E-state index contributed by atoms with van der Waals surface area (Å²) in [5.74, 6) is 0.0662. The first-order valence-electron chi connectivity index (χ1n) is 6.79. The van der Waals surface area contributed by atoms with Crippen LogP contribution in [0.25, 0.3) is 0 Å². The number of nitrogens with zero attached hydrogens (tertiary/aromatic N) is 1. The fourth-order valence-corrected chi connectivity index (χ4v) is 3.78. The highest BCUT2D eigenvalue weighted by atomic mass is 32.1. The molecule has 1 aromatic carbocycles. The topological polar surface area (TPSA) is 46.3 Å². The summed E-state index contributed by atoms with van der Waals surface area (Å²) in [4.78, 5) is 16.2. The van der Waals surface area contributed by atoms with Crippen LogP contribution in [-0.2, 0) is 6.42 Å². The van der Waals surface area contributed by atoms with E-state index < -0.39 is 0 Å². The predicted octanol–water partition coefficient (Wildman–Crippen LogP) is 3.40. The summed E-state index contributed by atoms with van der Waals surface area (Å²) >= 11 is 1.47. The molecular weight excluding hydrogens is 268 g/mol. The Labute approximate surface area is 123 Å². The standard InChI is InChI=1S/C16H18N2OS/c1-10-13(17)9-15(20-10)16(19)18(2)14-8-7-11-5-3-4-6-12(11)14/h3-6,9,14H,7-8,17H2,1-2H3. The molecule has 0 bridgehead atoms. The number of benzene rings is 1. The minimum Gasteiger partial charge on any atom is -0.398 e. The van der Waals surface area contributed by atoms with Crippen molar-refractivity contribution in [2.24, 2.45) is 0 Å². The number of fused-ring (bicyclic) bond motifs is 1. The van der Waals surface area contributed by atoms with Crippen LogP contribution in [0, 0.1) is 6.92 Å². The van der Waals surface area contributed by atoms with E-state index in [0.29, 0.717) is 5.69 Å². The first-order valence-corrected chi connectivity index (χ1v) is 7.60. The van der Waals surface area contributed by atoms with Crippen LogP contribution >= 0.6 is 11.3 Å². The minimum absolute atomic E-state index is 0.0662. The molecule has 2 N–H and O–H groups in total. The van der Waals surface area contributed by atoms with Crippen LogP contribution in [0.2, 0.25) is 0 Å². The maximum absolute atomic E-state index is 12.6. The van der Waals surface area contributed by atoms with E-state index in [9.17, 15) is 4.79 Å². The molecule has 20 heavy (non-hydrogen) atoms. The number of hydrogen-bond acceptors (Lipinski definition) is 3. The first-order chi connectivity index (χ1) is 9.58. The van der Waals surface area contributed by atoms with Gasteiger partial charge in [0.1, 0.15) is 0 Å². The van der Waals surface area contributed by atoms with Gasteiger partial charge in [-0.1, -0.05) is 24.3 Å². The minimum atomic E-state index is 0.0662. The number of aryl methyl sites for hydroxylation is 2. The van der Waals surface area contributed by atoms with E-state index >= 15 is 0 Å². The first kappa shape index (κ1) is 13.2. The van der Waals surface area contributed by atoms with Gasteiger partial charge in [0.05, 0.1) is 10.9 Å². The molecule has 4 heteroatoms. The van der Waals surface area contributed by atoms with Crippen molar-refractivity contribution in [3.05, 3.63) is 51.2 Å². The largest absolute Gasteiger partial charge is 0.398 e. The second kappa shape index (κ2) is 4.94. The molecule has 0 saturated carbocycles. The summed E-state index contributed by atoms with van der Waals surface area (Å²) in [6, 6.07) is 10.4. The molecule has 0 saturated heterocycles. The molecule has 1 unspecified atom stereocenters. The van der Waals surface area contributed by atoms with Crippen molar-refractivity contribution in [1.82, 2.24) is 4.90 Å². The van der Waals surface area contributed by atoms with Gasteiger partial charge in [0.15, 0.2) is 0 Å². The zero-order valence-corrected chi connectivity index (χ0v) is 12.5. The Hall–Kier alpha value is -1.81. The van der Waals surface area contributed by atoms with E-state index in [1.807, 2.05) is 24.9 Å². The molecule has 3 nitrogen and oxygen atoms in total. The summed E-state index contributed by atoms with van der Waals surface area (Å²) < 4.78 is 0. The van der Waals surface area contributed by atoms with Crippen LogP contribution < -0.4 is 5.73 Å². The third-order valence-electron chi connectivity index (χ3n) is 4.06. The van der Waals surface area contributed by atoms with Crippen LogP contribution in [0.4, 0.5) is 5.69 Å². The van der Waals surface area contributed by atoms with Gasteiger partial charge >= 0.3 is 0 Å². The third kappa shape index (κ3) is 2.10. The van der Waals surface area contributed by atoms with Crippen molar-refractivity contribution in [1.29, 1.82) is 0 Å². The summed E-state index contributed by atoms with van der Waals surface area (Å²) in [5, 5.41) is 0. The van der Waals surface area contributed by atoms with Crippen molar-refractivity contribution < 1.29 is 4.79 Å². The molecule has 1 aliphatic carbocycles. The fourth-order valence-electron chi connectivity index (χ4n) is 2.85. The van der Waals surface area contributed by atoms with Crippen molar-refractivity contribution in [3.8, 4) is 0 Å². The lowest BCUT2D eigenvalue weighted by Crippen LogP contribution is -2.29. The number of carbonyl (C=O) groups excluding carboxylic acids is 1. The van der Waals surface area contributed by atoms with Crippen molar-refractivity contribution in [2.45, 2.75) is 25.8 Å². The summed E-state index contributed by atoms with van der Waals surface area (Å²) in [6.07, 6.45) is 2.05. The molecule has 3 rings (SSSR count). The number of thiophene rings is 1. The molecule has 0 radical (unpaired) electrons. The summed E-state index contributed by atoms with van der Waals surface area (Å²) in [6.45, 7) is 1.95. The molecule has 0 spiro atoms. The van der Waals surface area contributed by atoms with Crippen LogP contribution in [0.1, 0.15) is 38.1 Å². The smallest absolute Gasteiger partial charge is 0.264 e. The van der Waals surface area contributed by atoms with Gasteiger partial charge in [0.25, 0.3) is 5.91 Å². The SMILES string of the molecule is Cc1sc(C(=O)N(C)C2CCc3ccccc32)cc1N. The highest BCUT2D eigenvalue weighted by Crippen LogP contribution is 2.36. The number of carbonyl (C=O) groups is 1. The van der Waals surface area contributed by atoms with Crippen molar-refractivity contribution >= 4 is 22.9 Å². The van der Waals surface area contributed by atoms with Gasteiger partial charge < -0.3 is 10.6 Å². The van der Waals surface area contributed by atoms with Gasteiger partial charge in [0, 0.05) is 17.6 Å². The van der Waals surface area contributed by atoms with E-state index in [0.717, 1.165) is 22.6 Å². The van der Waals surface area contributed by atoms with Gasteiger partial charge in [-0.15, -0.1) is 11.3 Å². The molecule has 1 heterocycles. The molecule has 1 aliphatic rings. The van der Waals surface area contributed by atoms with Crippen molar-refractivity contribution in [3.63, 3.8) is 0 Å². The zero-order chi connectivity index (χ0) is 14.3. The van der Waals surface area contributed by atoms with Gasteiger partial charge in [-0.05, 0) is 37.0 Å². The van der Waals surface area contributed by atoms with Crippen LogP contribution in [0.5, 0.6) is 0 Å². The van der Waals surface area contributed by atoms with E-state index in [1.54, 1.807) is 6.07 Å². The number of anilines is 1. The van der Waals surface area contributed by atoms with E-state index in [1.165, 1.54) is 22.5 Å². The zero-order valence-electron chi connectivity index (χ0n) is 11.7. The Morgan fingerprint density at radius 3 is 2.85 bits per heavy atom. The number of amides is 1. The lowest BCUT2D eigenvalue weighted by molar-refractivity contribution is 0.0735. The Bertz CT molecular complexity index is 643. The summed E-state index contributed by atoms with van der Waals surface area (Å²) in [7, 11) is 1.89. The predicted molar refractivity (Wildman–Crippen MR) is 83.1 cm³/mol. The molecule has 1 atom stereocenters. The van der Waals surface area contributed by atoms with Crippen LogP contribution in [0.3, 0.4) is 0 Å². The Morgan fingerprint density at radius 2 is 2.15 bits per heavy atom. The number of nitrogens with two attached hydrogens (primary N) is 1. The molecular formula is C16H18N2OS. The van der Waals surface area contributed by atoms with Gasteiger partial charge in [-0.2, -0.15) is 0 Å². The summed E-state index contributed by atoms with van der Waals surface area (Å²) in [5.41, 5.74) is 9.20. The molecule has 0 fully saturated rings. The second-order valence-corrected chi connectivity index (χ2v) is 6.55. The fraction of sp³-hybridized carbons (Fsp3) is 0.312. The number of rotatable bonds is 2. The normalized spacial score (nSPS) is 17.0. The van der Waals surface area contributed by atoms with Gasteiger partial charge in [0.2, 0.25) is 0 Å². The second-order valence-electron chi connectivity index (χ2n) is 5.29. The molecule has 104 valence electrons. The average molecular weight is 286 g/mol. The number of nitrogen functional groups attached to an aromatic ring is 1. The average Bonchev–Trinajstić information content (AvgIpc) is 3.02. The third-order valence-corrected chi connectivity index (χ3v) is 5.11. The van der Waals surface area contributed by atoms with E-state index in [4.69, 9.17) is 5.73 Å². The monoisotopic (exact) mass is 286 g/mol. The molecule has 1 aromatic heterocycles. The van der Waals surface area contributed by atoms with Gasteiger partial charge in [-0.3, -0.25) is 4.79 Å². The lowest BCUT2D eigenvalue weighted by atomic mass is 10.1. The molecule has 1 amide bonds.